The number of pyridine rings is 1. The molecule has 84 valence electrons. The van der Waals surface area contributed by atoms with Crippen LogP contribution in [0, 0.1) is 6.92 Å². The Bertz CT molecular complexity index is 479. The highest BCUT2D eigenvalue weighted by atomic mass is 32.2. The maximum Gasteiger partial charge on any atom is 0.0837 e. The zero-order valence-corrected chi connectivity index (χ0v) is 10.7. The number of para-hydroxylation sites is 1. The van der Waals surface area contributed by atoms with Crippen LogP contribution in [0.3, 0.4) is 0 Å². The normalized spacial score (nSPS) is 10.9. The molecular weight excluding hydrogens is 214 g/mol. The highest BCUT2D eigenvalue weighted by Crippen LogP contribution is 2.27. The number of aromatic nitrogens is 1. The van der Waals surface area contributed by atoms with Crippen LogP contribution >= 0.6 is 11.8 Å². The average molecular weight is 231 g/mol. The Morgan fingerprint density at radius 3 is 3.00 bits per heavy atom. The maximum absolute atomic E-state index is 4.54. The quantitative estimate of drug-likeness (QED) is 0.570. The minimum absolute atomic E-state index is 1.15. The van der Waals surface area contributed by atoms with Crippen molar-refractivity contribution in [3.63, 3.8) is 0 Å². The van der Waals surface area contributed by atoms with Crippen molar-refractivity contribution in [1.29, 1.82) is 0 Å². The Balaban J connectivity index is 2.30. The van der Waals surface area contributed by atoms with Crippen LogP contribution in [-0.4, -0.2) is 10.7 Å². The molecular formula is C14H17NS. The summed E-state index contributed by atoms with van der Waals surface area (Å²) in [7, 11) is 0. The number of unbranched alkanes of at least 4 members (excludes halogenated alkanes) is 1. The Morgan fingerprint density at radius 2 is 2.19 bits per heavy atom. The average Bonchev–Trinajstić information content (AvgIpc) is 2.29. The van der Waals surface area contributed by atoms with Gasteiger partial charge in [0.25, 0.3) is 0 Å². The summed E-state index contributed by atoms with van der Waals surface area (Å²) >= 11 is 1.92. The molecule has 2 heteroatoms. The van der Waals surface area contributed by atoms with Crippen LogP contribution in [0.2, 0.25) is 0 Å². The van der Waals surface area contributed by atoms with E-state index in [0.717, 1.165) is 5.52 Å². The van der Waals surface area contributed by atoms with E-state index in [9.17, 15) is 0 Å². The fourth-order valence-corrected chi connectivity index (χ4v) is 2.82. The molecule has 0 atom stereocenters. The Kier molecular flexibility index (Phi) is 3.83. The first-order valence-electron chi connectivity index (χ1n) is 5.79. The molecule has 0 aliphatic carbocycles. The Morgan fingerprint density at radius 1 is 1.31 bits per heavy atom. The zero-order valence-electron chi connectivity index (χ0n) is 9.86. The van der Waals surface area contributed by atoms with Gasteiger partial charge in [-0.15, -0.1) is 11.8 Å². The van der Waals surface area contributed by atoms with E-state index in [1.54, 1.807) is 0 Å². The van der Waals surface area contributed by atoms with E-state index in [1.807, 2.05) is 18.0 Å². The van der Waals surface area contributed by atoms with E-state index in [-0.39, 0.29) is 0 Å². The van der Waals surface area contributed by atoms with Crippen molar-refractivity contribution in [2.75, 3.05) is 5.75 Å². The third-order valence-electron chi connectivity index (χ3n) is 2.57. The van der Waals surface area contributed by atoms with Crippen molar-refractivity contribution in [1.82, 2.24) is 4.98 Å². The van der Waals surface area contributed by atoms with Gasteiger partial charge < -0.3 is 0 Å². The van der Waals surface area contributed by atoms with E-state index in [2.05, 4.69) is 43.1 Å². The van der Waals surface area contributed by atoms with Gasteiger partial charge in [-0.05, 0) is 36.8 Å². The van der Waals surface area contributed by atoms with Gasteiger partial charge in [-0.3, -0.25) is 4.98 Å². The van der Waals surface area contributed by atoms with Gasteiger partial charge in [0.05, 0.1) is 5.52 Å². The van der Waals surface area contributed by atoms with Crippen LogP contribution in [0.15, 0.2) is 35.4 Å². The van der Waals surface area contributed by atoms with Crippen molar-refractivity contribution < 1.29 is 0 Å². The first-order chi connectivity index (χ1) is 7.81. The van der Waals surface area contributed by atoms with Crippen molar-refractivity contribution in [3.05, 3.63) is 36.0 Å². The zero-order chi connectivity index (χ0) is 11.4. The summed E-state index contributed by atoms with van der Waals surface area (Å²) < 4.78 is 0. The summed E-state index contributed by atoms with van der Waals surface area (Å²) in [5.74, 6) is 1.19. The fourth-order valence-electron chi connectivity index (χ4n) is 1.69. The third-order valence-corrected chi connectivity index (χ3v) is 3.70. The van der Waals surface area contributed by atoms with Crippen LogP contribution in [0.4, 0.5) is 0 Å². The molecule has 0 N–H and O–H groups in total. The van der Waals surface area contributed by atoms with E-state index in [4.69, 9.17) is 0 Å². The van der Waals surface area contributed by atoms with Crippen LogP contribution in [0.25, 0.3) is 10.9 Å². The van der Waals surface area contributed by atoms with Crippen LogP contribution in [0.1, 0.15) is 25.3 Å². The largest absolute Gasteiger partial charge is 0.255 e. The van der Waals surface area contributed by atoms with E-state index < -0.39 is 0 Å². The number of fused-ring (bicyclic) bond motifs is 1. The Hall–Kier alpha value is -1.02. The first kappa shape index (κ1) is 11.5. The molecule has 0 unspecified atom stereocenters. The second kappa shape index (κ2) is 5.35. The van der Waals surface area contributed by atoms with Gasteiger partial charge in [0.1, 0.15) is 0 Å². The highest BCUT2D eigenvalue weighted by Gasteiger charge is 2.02. The SMILES string of the molecule is CCCCSc1cccc2cc(C)cnc12. The minimum atomic E-state index is 1.15. The summed E-state index contributed by atoms with van der Waals surface area (Å²) in [5, 5.41) is 1.25. The first-order valence-corrected chi connectivity index (χ1v) is 6.78. The summed E-state index contributed by atoms with van der Waals surface area (Å²) in [6, 6.07) is 8.63. The molecule has 0 aliphatic heterocycles. The lowest BCUT2D eigenvalue weighted by Crippen LogP contribution is -1.85. The van der Waals surface area contributed by atoms with Gasteiger partial charge in [0.2, 0.25) is 0 Å². The van der Waals surface area contributed by atoms with Crippen molar-refractivity contribution in [2.24, 2.45) is 0 Å². The minimum Gasteiger partial charge on any atom is -0.255 e. The molecule has 0 saturated heterocycles. The lowest BCUT2D eigenvalue weighted by atomic mass is 10.2. The summed E-state index contributed by atoms with van der Waals surface area (Å²) in [4.78, 5) is 5.85. The topological polar surface area (TPSA) is 12.9 Å². The van der Waals surface area contributed by atoms with Gasteiger partial charge in [-0.1, -0.05) is 25.5 Å². The molecule has 1 nitrogen and oxygen atoms in total. The van der Waals surface area contributed by atoms with Crippen LogP contribution in [0.5, 0.6) is 0 Å². The molecule has 0 aliphatic rings. The lowest BCUT2D eigenvalue weighted by Gasteiger charge is -2.05. The molecule has 16 heavy (non-hydrogen) atoms. The second-order valence-corrected chi connectivity index (χ2v) is 5.18. The number of benzene rings is 1. The van der Waals surface area contributed by atoms with Gasteiger partial charge in [0, 0.05) is 16.5 Å². The smallest absolute Gasteiger partial charge is 0.0837 e. The van der Waals surface area contributed by atoms with E-state index in [1.165, 1.54) is 34.4 Å². The lowest BCUT2D eigenvalue weighted by molar-refractivity contribution is 0.896. The van der Waals surface area contributed by atoms with Crippen molar-refractivity contribution >= 4 is 22.7 Å². The monoisotopic (exact) mass is 231 g/mol. The number of rotatable bonds is 4. The number of thioether (sulfide) groups is 1. The van der Waals surface area contributed by atoms with Crippen LogP contribution < -0.4 is 0 Å². The van der Waals surface area contributed by atoms with Crippen molar-refractivity contribution in [2.45, 2.75) is 31.6 Å². The van der Waals surface area contributed by atoms with Gasteiger partial charge in [-0.2, -0.15) is 0 Å². The van der Waals surface area contributed by atoms with Gasteiger partial charge >= 0.3 is 0 Å². The predicted octanol–water partition coefficient (Wildman–Crippen LogP) is 4.44. The molecule has 0 bridgehead atoms. The molecule has 2 rings (SSSR count). The number of hydrogen-bond donors (Lipinski definition) is 0. The van der Waals surface area contributed by atoms with Gasteiger partial charge in [-0.25, -0.2) is 0 Å². The molecule has 0 radical (unpaired) electrons. The summed E-state index contributed by atoms with van der Waals surface area (Å²) in [6.07, 6.45) is 4.48. The molecule has 0 amide bonds. The number of nitrogens with zero attached hydrogens (tertiary/aromatic N) is 1. The van der Waals surface area contributed by atoms with E-state index >= 15 is 0 Å². The standard InChI is InChI=1S/C14H17NS/c1-3-4-8-16-13-7-5-6-12-9-11(2)10-15-14(12)13/h5-7,9-10H,3-4,8H2,1-2H3. The molecule has 0 fully saturated rings. The second-order valence-electron chi connectivity index (χ2n) is 4.04. The molecule has 1 aromatic carbocycles. The van der Waals surface area contributed by atoms with Crippen molar-refractivity contribution in [3.8, 4) is 0 Å². The molecule has 0 saturated carbocycles. The van der Waals surface area contributed by atoms with Gasteiger partial charge in [0.15, 0.2) is 0 Å². The number of aryl methyl sites for hydroxylation is 1. The molecule has 2 aromatic rings. The third kappa shape index (κ3) is 2.56. The summed E-state index contributed by atoms with van der Waals surface area (Å²) in [5.41, 5.74) is 2.37. The van der Waals surface area contributed by atoms with E-state index in [0.29, 0.717) is 0 Å². The molecule has 1 aromatic heterocycles. The molecule has 1 heterocycles. The predicted molar refractivity (Wildman–Crippen MR) is 72.1 cm³/mol. The highest BCUT2D eigenvalue weighted by molar-refractivity contribution is 7.99. The molecule has 0 spiro atoms. The summed E-state index contributed by atoms with van der Waals surface area (Å²) in [6.45, 7) is 4.31. The maximum atomic E-state index is 4.54. The Labute approximate surface area is 101 Å². The fraction of sp³-hybridized carbons (Fsp3) is 0.357. The number of hydrogen-bond acceptors (Lipinski definition) is 2. The van der Waals surface area contributed by atoms with Crippen LogP contribution in [-0.2, 0) is 0 Å².